The van der Waals surface area contributed by atoms with Crippen molar-refractivity contribution in [1.29, 1.82) is 0 Å². The van der Waals surface area contributed by atoms with Crippen LogP contribution in [-0.4, -0.2) is 96.7 Å². The van der Waals surface area contributed by atoms with Gasteiger partial charge in [-0.05, 0) is 37.5 Å². The number of carbonyl (C=O) groups is 4. The summed E-state index contributed by atoms with van der Waals surface area (Å²) in [5, 5.41) is 10.6. The third-order valence-electron chi connectivity index (χ3n) is 17.8. The summed E-state index contributed by atoms with van der Waals surface area (Å²) < 4.78 is 68.5. The van der Waals surface area contributed by atoms with E-state index in [4.69, 9.17) is 37.0 Å². The van der Waals surface area contributed by atoms with Crippen LogP contribution in [0.5, 0.6) is 0 Å². The highest BCUT2D eigenvalue weighted by molar-refractivity contribution is 7.47. The van der Waals surface area contributed by atoms with E-state index in [-0.39, 0.29) is 25.7 Å². The number of esters is 4. The van der Waals surface area contributed by atoms with Crippen LogP contribution >= 0.6 is 15.6 Å². The van der Waals surface area contributed by atoms with Crippen LogP contribution in [0.25, 0.3) is 0 Å². The molecule has 0 radical (unpaired) electrons. The first-order chi connectivity index (χ1) is 45.4. The van der Waals surface area contributed by atoms with Crippen LogP contribution in [0.3, 0.4) is 0 Å². The number of hydrogen-bond donors (Lipinski definition) is 3. The molecule has 0 saturated heterocycles. The zero-order chi connectivity index (χ0) is 69.3. The van der Waals surface area contributed by atoms with E-state index in [1.165, 1.54) is 205 Å². The number of aliphatic hydroxyl groups is 1. The standard InChI is InChI=1S/C75H146O17P2/c1-7-10-12-14-16-18-20-22-23-27-35-41-47-53-59-74(79)91-70(63-85-72(77)57-51-45-39-33-26-21-19-17-15-13-11-8-2)65-89-93(81,82)87-61-69(76)62-88-94(83,84)90-66-71(92-75(80)60-54-48-42-36-28-24-25-31-37-43-49-55-67(4)5)64-86-73(78)58-52-46-40-34-30-29-32-38-44-50-56-68(6)9-3/h67-71,76H,7-66H2,1-6H3,(H,81,82)(H,83,84)/t68?,69-,70+,71+/m0/s1. The second-order valence-corrected chi connectivity index (χ2v) is 30.7. The van der Waals surface area contributed by atoms with E-state index in [1.54, 1.807) is 0 Å². The second-order valence-electron chi connectivity index (χ2n) is 27.8. The smallest absolute Gasteiger partial charge is 0.462 e. The van der Waals surface area contributed by atoms with Gasteiger partial charge in [0.25, 0.3) is 0 Å². The lowest BCUT2D eigenvalue weighted by Crippen LogP contribution is -2.30. The van der Waals surface area contributed by atoms with Gasteiger partial charge < -0.3 is 33.8 Å². The van der Waals surface area contributed by atoms with Gasteiger partial charge >= 0.3 is 39.5 Å². The molecule has 0 amide bonds. The number of ether oxygens (including phenoxy) is 4. The minimum absolute atomic E-state index is 0.106. The molecular formula is C75H146O17P2. The SMILES string of the molecule is CCCCCCCCCCCCCCCCC(=O)O[C@H](COC(=O)CCCCCCCCCCCCCC)COP(=O)(O)OC[C@H](O)COP(=O)(O)OC[C@@H](COC(=O)CCCCCCCCCCCCC(C)CC)OC(=O)CCCCCCCCCCCCCC(C)C. The molecule has 0 spiro atoms. The Balaban J connectivity index is 5.27. The first-order valence-electron chi connectivity index (χ1n) is 39.0. The van der Waals surface area contributed by atoms with Crippen molar-refractivity contribution in [2.45, 2.75) is 407 Å². The van der Waals surface area contributed by atoms with E-state index < -0.39 is 97.5 Å². The van der Waals surface area contributed by atoms with Gasteiger partial charge in [0.05, 0.1) is 26.4 Å². The van der Waals surface area contributed by atoms with Gasteiger partial charge in [-0.3, -0.25) is 37.3 Å². The molecule has 0 aromatic rings. The van der Waals surface area contributed by atoms with E-state index in [9.17, 15) is 43.2 Å². The van der Waals surface area contributed by atoms with Crippen LogP contribution < -0.4 is 0 Å². The zero-order valence-corrected chi connectivity index (χ0v) is 63.1. The molecule has 3 unspecified atom stereocenters. The molecule has 0 aromatic heterocycles. The number of phosphoric ester groups is 2. The lowest BCUT2D eigenvalue weighted by atomic mass is 9.99. The molecule has 17 nitrogen and oxygen atoms in total. The van der Waals surface area contributed by atoms with Crippen molar-refractivity contribution in [3.05, 3.63) is 0 Å². The van der Waals surface area contributed by atoms with Crippen LogP contribution in [0.4, 0.5) is 0 Å². The Morgan fingerprint density at radius 2 is 0.543 bits per heavy atom. The summed E-state index contributed by atoms with van der Waals surface area (Å²) in [6, 6.07) is 0. The average molecular weight is 1380 g/mol. The van der Waals surface area contributed by atoms with Crippen LogP contribution in [-0.2, 0) is 65.4 Å². The maximum Gasteiger partial charge on any atom is 0.472 e. The molecule has 94 heavy (non-hydrogen) atoms. The summed E-state index contributed by atoms with van der Waals surface area (Å²) in [4.78, 5) is 72.8. The van der Waals surface area contributed by atoms with Crippen LogP contribution in [0.15, 0.2) is 0 Å². The first-order valence-corrected chi connectivity index (χ1v) is 42.0. The highest BCUT2D eigenvalue weighted by Gasteiger charge is 2.30. The molecular weight excluding hydrogens is 1230 g/mol. The molecule has 0 aliphatic rings. The van der Waals surface area contributed by atoms with Crippen LogP contribution in [0.1, 0.15) is 388 Å². The number of aliphatic hydroxyl groups excluding tert-OH is 1. The fourth-order valence-electron chi connectivity index (χ4n) is 11.4. The molecule has 6 atom stereocenters. The van der Waals surface area contributed by atoms with Crippen LogP contribution in [0.2, 0.25) is 0 Å². The molecule has 0 fully saturated rings. The fraction of sp³-hybridized carbons (Fsp3) is 0.947. The largest absolute Gasteiger partial charge is 0.472 e. The molecule has 0 aromatic carbocycles. The maximum absolute atomic E-state index is 13.1. The summed E-state index contributed by atoms with van der Waals surface area (Å²) in [5.74, 6) is -0.539. The predicted molar refractivity (Wildman–Crippen MR) is 381 cm³/mol. The Hall–Kier alpha value is -1.94. The Bertz CT molecular complexity index is 1820. The monoisotopic (exact) mass is 1380 g/mol. The van der Waals surface area contributed by atoms with E-state index in [2.05, 4.69) is 41.5 Å². The lowest BCUT2D eigenvalue weighted by molar-refractivity contribution is -0.161. The summed E-state index contributed by atoms with van der Waals surface area (Å²) in [6.45, 7) is 9.63. The number of unbranched alkanes of at least 4 members (excludes halogenated alkanes) is 43. The number of phosphoric acid groups is 2. The predicted octanol–water partition coefficient (Wildman–Crippen LogP) is 21.9. The Morgan fingerprint density at radius 1 is 0.309 bits per heavy atom. The molecule has 0 heterocycles. The summed E-state index contributed by atoms with van der Waals surface area (Å²) >= 11 is 0. The quantitative estimate of drug-likeness (QED) is 0.0222. The number of rotatable bonds is 74. The van der Waals surface area contributed by atoms with Gasteiger partial charge in [0, 0.05) is 25.7 Å². The lowest BCUT2D eigenvalue weighted by Gasteiger charge is -2.21. The Morgan fingerprint density at radius 3 is 0.809 bits per heavy atom. The Labute approximate surface area is 575 Å². The molecule has 0 saturated carbocycles. The Kier molecular flexibility index (Phi) is 65.5. The zero-order valence-electron chi connectivity index (χ0n) is 61.3. The molecule has 3 N–H and O–H groups in total. The van der Waals surface area contributed by atoms with E-state index in [0.717, 1.165) is 102 Å². The van der Waals surface area contributed by atoms with Gasteiger partial charge in [-0.25, -0.2) is 9.13 Å². The van der Waals surface area contributed by atoms with Crippen molar-refractivity contribution < 1.29 is 80.2 Å². The van der Waals surface area contributed by atoms with Gasteiger partial charge in [-0.1, -0.05) is 337 Å². The van der Waals surface area contributed by atoms with Crippen molar-refractivity contribution in [3.8, 4) is 0 Å². The average Bonchev–Trinajstić information content (AvgIpc) is 1.33. The third kappa shape index (κ3) is 67.3. The van der Waals surface area contributed by atoms with Crippen molar-refractivity contribution in [1.82, 2.24) is 0 Å². The van der Waals surface area contributed by atoms with E-state index >= 15 is 0 Å². The number of carbonyl (C=O) groups excluding carboxylic acids is 4. The third-order valence-corrected chi connectivity index (χ3v) is 19.7. The summed E-state index contributed by atoms with van der Waals surface area (Å²) in [6.07, 6.45) is 53.8. The molecule has 0 aliphatic heterocycles. The topological polar surface area (TPSA) is 237 Å². The molecule has 0 bridgehead atoms. The molecule has 0 aliphatic carbocycles. The highest BCUT2D eigenvalue weighted by Crippen LogP contribution is 2.45. The second kappa shape index (κ2) is 66.9. The molecule has 19 heteroatoms. The minimum atomic E-state index is -4.96. The van der Waals surface area contributed by atoms with Crippen molar-refractivity contribution in [2.24, 2.45) is 11.8 Å². The first kappa shape index (κ1) is 92.1. The normalized spacial score (nSPS) is 14.3. The highest BCUT2D eigenvalue weighted by atomic mass is 31.2. The number of hydrogen-bond acceptors (Lipinski definition) is 15. The van der Waals surface area contributed by atoms with E-state index in [0.29, 0.717) is 25.7 Å². The maximum atomic E-state index is 13.1. The van der Waals surface area contributed by atoms with Crippen molar-refractivity contribution >= 4 is 39.5 Å². The van der Waals surface area contributed by atoms with Gasteiger partial charge in [0.1, 0.15) is 19.3 Å². The van der Waals surface area contributed by atoms with Gasteiger partial charge in [-0.15, -0.1) is 0 Å². The van der Waals surface area contributed by atoms with Gasteiger partial charge in [0.15, 0.2) is 12.2 Å². The van der Waals surface area contributed by atoms with Gasteiger partial charge in [0.2, 0.25) is 0 Å². The molecule has 0 rings (SSSR count). The van der Waals surface area contributed by atoms with Crippen LogP contribution in [0, 0.1) is 11.8 Å². The van der Waals surface area contributed by atoms with E-state index in [1.807, 2.05) is 0 Å². The van der Waals surface area contributed by atoms with Crippen molar-refractivity contribution in [2.75, 3.05) is 39.6 Å². The minimum Gasteiger partial charge on any atom is -0.462 e. The summed E-state index contributed by atoms with van der Waals surface area (Å²) in [5.41, 5.74) is 0. The summed E-state index contributed by atoms with van der Waals surface area (Å²) in [7, 11) is -9.91. The van der Waals surface area contributed by atoms with Crippen molar-refractivity contribution in [3.63, 3.8) is 0 Å². The fourth-order valence-corrected chi connectivity index (χ4v) is 13.0. The molecule has 558 valence electrons. The van der Waals surface area contributed by atoms with Gasteiger partial charge in [-0.2, -0.15) is 0 Å².